The molecule has 0 aliphatic heterocycles. The van der Waals surface area contributed by atoms with Crippen LogP contribution in [0.5, 0.6) is 0 Å². The van der Waals surface area contributed by atoms with Gasteiger partial charge in [0.1, 0.15) is 12.2 Å². The first kappa shape index (κ1) is 10.4. The van der Waals surface area contributed by atoms with Gasteiger partial charge in [0.2, 0.25) is 5.91 Å². The number of nitrogens with one attached hydrogen (secondary N) is 1. The van der Waals surface area contributed by atoms with E-state index >= 15 is 0 Å². The Labute approximate surface area is 83.1 Å². The Morgan fingerprint density at radius 3 is 2.29 bits per heavy atom. The Bertz CT molecular complexity index is 341. The number of anilines is 1. The highest BCUT2D eigenvalue weighted by molar-refractivity contribution is 6.13. The zero-order valence-corrected chi connectivity index (χ0v) is 8.20. The van der Waals surface area contributed by atoms with E-state index in [1.54, 1.807) is 12.1 Å². The second kappa shape index (κ2) is 4.56. The molecule has 0 fully saturated rings. The van der Waals surface area contributed by atoms with Crippen molar-refractivity contribution in [1.82, 2.24) is 0 Å². The van der Waals surface area contributed by atoms with Gasteiger partial charge in [0.05, 0.1) is 0 Å². The van der Waals surface area contributed by atoms with Gasteiger partial charge in [-0.1, -0.05) is 17.7 Å². The minimum absolute atomic E-state index is 0.255. The summed E-state index contributed by atoms with van der Waals surface area (Å²) in [6, 6.07) is 7.37. The fraction of sp³-hybridized carbons (Fsp3) is 0.182. The molecule has 3 heteroatoms. The molecule has 1 rings (SSSR count). The first-order valence-corrected chi connectivity index (χ1v) is 4.31. The lowest BCUT2D eigenvalue weighted by Crippen LogP contribution is -2.15. The third-order valence-corrected chi connectivity index (χ3v) is 1.65. The number of aryl methyl sites for hydroxylation is 1. The van der Waals surface area contributed by atoms with Crippen molar-refractivity contribution in [3.8, 4) is 0 Å². The van der Waals surface area contributed by atoms with Crippen molar-refractivity contribution in [3.63, 3.8) is 0 Å². The summed E-state index contributed by atoms with van der Waals surface area (Å²) in [5.74, 6) is -0.643. The molecule has 1 radical (unpaired) electrons. The highest BCUT2D eigenvalue weighted by Gasteiger charge is 2.05. The van der Waals surface area contributed by atoms with Crippen LogP contribution in [0.3, 0.4) is 0 Å². The molecule has 14 heavy (non-hydrogen) atoms. The number of ketones is 1. The van der Waals surface area contributed by atoms with E-state index in [1.165, 1.54) is 6.92 Å². The molecule has 3 nitrogen and oxygen atoms in total. The highest BCUT2D eigenvalue weighted by Crippen LogP contribution is 2.08. The van der Waals surface area contributed by atoms with Gasteiger partial charge in [-0.3, -0.25) is 9.59 Å². The maximum Gasteiger partial charge on any atom is 0.236 e. The molecule has 0 aromatic heterocycles. The van der Waals surface area contributed by atoms with Crippen LogP contribution in [0.25, 0.3) is 0 Å². The summed E-state index contributed by atoms with van der Waals surface area (Å²) in [4.78, 5) is 21.7. The van der Waals surface area contributed by atoms with Gasteiger partial charge in [0, 0.05) is 5.69 Å². The second-order valence-electron chi connectivity index (χ2n) is 3.11. The van der Waals surface area contributed by atoms with E-state index in [1.807, 2.05) is 19.1 Å². The lowest BCUT2D eigenvalue weighted by atomic mass is 10.2. The van der Waals surface area contributed by atoms with Gasteiger partial charge in [-0.2, -0.15) is 0 Å². The molecule has 0 saturated carbocycles. The molecule has 0 spiro atoms. The van der Waals surface area contributed by atoms with Crippen molar-refractivity contribution < 1.29 is 9.59 Å². The number of amides is 1. The second-order valence-corrected chi connectivity index (χ2v) is 3.11. The van der Waals surface area contributed by atoms with Crippen molar-refractivity contribution in [2.24, 2.45) is 0 Å². The first-order chi connectivity index (χ1) is 6.58. The maximum atomic E-state index is 11.1. The van der Waals surface area contributed by atoms with Crippen LogP contribution in [0.15, 0.2) is 24.3 Å². The van der Waals surface area contributed by atoms with Crippen LogP contribution in [-0.2, 0) is 9.59 Å². The molecule has 1 aromatic rings. The smallest absolute Gasteiger partial charge is 0.236 e. The predicted octanol–water partition coefficient (Wildman–Crippen LogP) is 1.73. The lowest BCUT2D eigenvalue weighted by Gasteiger charge is -2.03. The normalized spacial score (nSPS) is 9.57. The average Bonchev–Trinajstić information content (AvgIpc) is 2.07. The summed E-state index contributed by atoms with van der Waals surface area (Å²) in [5, 5.41) is 2.59. The molecule has 0 aliphatic rings. The average molecular weight is 190 g/mol. The molecule has 1 N–H and O–H groups in total. The van der Waals surface area contributed by atoms with Gasteiger partial charge in [-0.25, -0.2) is 0 Å². The molecule has 1 amide bonds. The fourth-order valence-electron chi connectivity index (χ4n) is 1.000. The van der Waals surface area contributed by atoms with Crippen LogP contribution in [0.2, 0.25) is 0 Å². The number of hydrogen-bond donors (Lipinski definition) is 1. The molecule has 0 unspecified atom stereocenters. The Balaban J connectivity index is 2.56. The molecule has 0 bridgehead atoms. The Kier molecular flexibility index (Phi) is 3.40. The van der Waals surface area contributed by atoms with Crippen molar-refractivity contribution >= 4 is 17.4 Å². The van der Waals surface area contributed by atoms with Crippen LogP contribution in [0.4, 0.5) is 5.69 Å². The number of carbonyl (C=O) groups is 2. The van der Waals surface area contributed by atoms with Gasteiger partial charge in [0.15, 0.2) is 0 Å². The maximum absolute atomic E-state index is 11.1. The van der Waals surface area contributed by atoms with Crippen molar-refractivity contribution in [3.05, 3.63) is 36.2 Å². The Hall–Kier alpha value is -1.64. The fourth-order valence-corrected chi connectivity index (χ4v) is 1.000. The zero-order chi connectivity index (χ0) is 10.6. The van der Waals surface area contributed by atoms with Crippen LogP contribution in [-0.4, -0.2) is 11.7 Å². The van der Waals surface area contributed by atoms with Crippen LogP contribution >= 0.6 is 0 Å². The van der Waals surface area contributed by atoms with Crippen molar-refractivity contribution in [2.75, 3.05) is 5.32 Å². The van der Waals surface area contributed by atoms with Gasteiger partial charge in [-0.05, 0) is 26.0 Å². The quantitative estimate of drug-likeness (QED) is 0.738. The third-order valence-electron chi connectivity index (χ3n) is 1.65. The minimum atomic E-state index is -0.388. The summed E-state index contributed by atoms with van der Waals surface area (Å²) < 4.78 is 0. The van der Waals surface area contributed by atoms with Crippen LogP contribution in [0.1, 0.15) is 12.5 Å². The molecule has 1 aromatic carbocycles. The summed E-state index contributed by atoms with van der Waals surface area (Å²) in [6.45, 7) is 3.31. The lowest BCUT2D eigenvalue weighted by molar-refractivity contribution is -0.119. The molecular formula is C11H12NO2. The third kappa shape index (κ3) is 3.39. The Morgan fingerprint density at radius 1 is 1.21 bits per heavy atom. The van der Waals surface area contributed by atoms with Crippen LogP contribution < -0.4 is 5.32 Å². The van der Waals surface area contributed by atoms with E-state index in [0.717, 1.165) is 12.0 Å². The van der Waals surface area contributed by atoms with E-state index < -0.39 is 0 Å². The number of benzene rings is 1. The van der Waals surface area contributed by atoms with E-state index in [9.17, 15) is 9.59 Å². The summed E-state index contributed by atoms with van der Waals surface area (Å²) >= 11 is 0. The van der Waals surface area contributed by atoms with E-state index in [0.29, 0.717) is 5.69 Å². The molecule has 0 atom stereocenters. The number of carbonyl (C=O) groups excluding carboxylic acids is 2. The van der Waals surface area contributed by atoms with Crippen molar-refractivity contribution in [1.29, 1.82) is 0 Å². The van der Waals surface area contributed by atoms with Crippen molar-refractivity contribution in [2.45, 2.75) is 13.8 Å². The van der Waals surface area contributed by atoms with Gasteiger partial charge in [-0.15, -0.1) is 0 Å². The monoisotopic (exact) mass is 190 g/mol. The molecule has 0 heterocycles. The highest BCUT2D eigenvalue weighted by atomic mass is 16.2. The molecule has 0 aliphatic carbocycles. The topological polar surface area (TPSA) is 46.2 Å². The predicted molar refractivity (Wildman–Crippen MR) is 54.8 cm³/mol. The van der Waals surface area contributed by atoms with E-state index in [-0.39, 0.29) is 11.7 Å². The SMILES string of the molecule is CC(=O)[CH]C(=O)Nc1ccc(C)cc1. The van der Waals surface area contributed by atoms with E-state index in [2.05, 4.69) is 5.32 Å². The molecule has 0 saturated heterocycles. The largest absolute Gasteiger partial charge is 0.325 e. The summed E-state index contributed by atoms with van der Waals surface area (Å²) in [6.07, 6.45) is 1.03. The number of Topliss-reactive ketones (excluding diaryl/α,β-unsaturated/α-hetero) is 1. The Morgan fingerprint density at radius 2 is 1.79 bits per heavy atom. The summed E-state index contributed by atoms with van der Waals surface area (Å²) in [5.41, 5.74) is 1.82. The van der Waals surface area contributed by atoms with Gasteiger partial charge < -0.3 is 5.32 Å². The standard InChI is InChI=1S/C11H12NO2/c1-8-3-5-10(6-4-8)12-11(14)7-9(2)13/h3-7H,1-2H3,(H,12,14). The summed E-state index contributed by atoms with van der Waals surface area (Å²) in [7, 11) is 0. The minimum Gasteiger partial charge on any atom is -0.325 e. The number of hydrogen-bond acceptors (Lipinski definition) is 2. The van der Waals surface area contributed by atoms with E-state index in [4.69, 9.17) is 0 Å². The van der Waals surface area contributed by atoms with Gasteiger partial charge in [0.25, 0.3) is 0 Å². The van der Waals surface area contributed by atoms with Crippen LogP contribution in [0, 0.1) is 13.3 Å². The van der Waals surface area contributed by atoms with Gasteiger partial charge >= 0.3 is 0 Å². The zero-order valence-electron chi connectivity index (χ0n) is 8.20. The molecule has 73 valence electrons. The first-order valence-electron chi connectivity index (χ1n) is 4.31. The number of rotatable bonds is 3. The molecular weight excluding hydrogens is 178 g/mol.